The number of likely N-dealkylation sites (tertiary alicyclic amines) is 1. The number of quaternary nitrogens is 1. The molecule has 0 aromatic carbocycles. The smallest absolute Gasteiger partial charge is 0.139 e. The number of hydrogen-bond acceptors (Lipinski definition) is 3. The molecule has 1 aromatic rings. The van der Waals surface area contributed by atoms with Crippen LogP contribution < -0.4 is 4.90 Å². The van der Waals surface area contributed by atoms with E-state index < -0.39 is 5.60 Å². The van der Waals surface area contributed by atoms with Crippen molar-refractivity contribution in [3.05, 3.63) is 30.1 Å². The average Bonchev–Trinajstić information content (AvgIpc) is 2.63. The zero-order valence-electron chi connectivity index (χ0n) is 14.8. The molecular formula is C20H28N3O+. The molecule has 0 aliphatic carbocycles. The molecule has 0 radical (unpaired) electrons. The summed E-state index contributed by atoms with van der Waals surface area (Å²) in [6.45, 7) is 6.53. The Kier molecular flexibility index (Phi) is 7.25. The number of pyridine rings is 1. The number of nitriles is 1. The van der Waals surface area contributed by atoms with Gasteiger partial charge in [0.1, 0.15) is 18.2 Å². The van der Waals surface area contributed by atoms with Crippen LogP contribution in [0, 0.1) is 23.2 Å². The maximum absolute atomic E-state index is 8.64. The van der Waals surface area contributed by atoms with Gasteiger partial charge in [-0.25, -0.2) is 0 Å². The second-order valence-electron chi connectivity index (χ2n) is 6.56. The van der Waals surface area contributed by atoms with E-state index in [1.165, 1.54) is 29.7 Å². The van der Waals surface area contributed by atoms with Gasteiger partial charge in [0.05, 0.1) is 25.6 Å². The first kappa shape index (κ1) is 18.5. The zero-order valence-corrected chi connectivity index (χ0v) is 14.8. The summed E-state index contributed by atoms with van der Waals surface area (Å²) in [4.78, 5) is 5.80. The quantitative estimate of drug-likeness (QED) is 0.644. The summed E-state index contributed by atoms with van der Waals surface area (Å²) in [5.41, 5.74) is 0.869. The molecule has 1 aliphatic heterocycles. The van der Waals surface area contributed by atoms with Crippen LogP contribution in [0.2, 0.25) is 0 Å². The van der Waals surface area contributed by atoms with E-state index in [4.69, 9.17) is 10.00 Å². The molecule has 2 rings (SSSR count). The second kappa shape index (κ2) is 9.42. The maximum Gasteiger partial charge on any atom is 0.139 e. The Hall–Kier alpha value is -1.88. The van der Waals surface area contributed by atoms with Crippen LogP contribution in [0.3, 0.4) is 0 Å². The Bertz CT molecular complexity index is 599. The summed E-state index contributed by atoms with van der Waals surface area (Å²) in [6, 6.07) is 6.80. The van der Waals surface area contributed by atoms with E-state index in [9.17, 15) is 0 Å². The average molecular weight is 326 g/mol. The van der Waals surface area contributed by atoms with E-state index in [0.29, 0.717) is 19.1 Å². The molecule has 1 unspecified atom stereocenters. The predicted molar refractivity (Wildman–Crippen MR) is 94.2 cm³/mol. The van der Waals surface area contributed by atoms with Gasteiger partial charge in [-0.15, -0.1) is 0 Å². The molecule has 128 valence electrons. The van der Waals surface area contributed by atoms with Crippen LogP contribution in [0.4, 0.5) is 0 Å². The molecule has 3 atom stereocenters. The van der Waals surface area contributed by atoms with Crippen molar-refractivity contribution in [2.24, 2.45) is 0 Å². The third-order valence-corrected chi connectivity index (χ3v) is 4.80. The molecule has 24 heavy (non-hydrogen) atoms. The van der Waals surface area contributed by atoms with Crippen molar-refractivity contribution in [3.63, 3.8) is 0 Å². The van der Waals surface area contributed by atoms with Crippen molar-refractivity contribution in [3.8, 4) is 17.9 Å². The third-order valence-electron chi connectivity index (χ3n) is 4.80. The summed E-state index contributed by atoms with van der Waals surface area (Å²) < 4.78 is 5.80. The minimum Gasteiger partial charge on any atom is -0.362 e. The zero-order chi connectivity index (χ0) is 17.3. The molecule has 1 aromatic heterocycles. The molecular weight excluding hydrogens is 298 g/mol. The van der Waals surface area contributed by atoms with E-state index in [-0.39, 0.29) is 0 Å². The molecule has 0 bridgehead atoms. The lowest BCUT2D eigenvalue weighted by molar-refractivity contribution is -0.930. The van der Waals surface area contributed by atoms with Crippen LogP contribution in [0.25, 0.3) is 0 Å². The summed E-state index contributed by atoms with van der Waals surface area (Å²) >= 11 is 0. The minimum atomic E-state index is -0.449. The molecule has 1 aliphatic rings. The van der Waals surface area contributed by atoms with Crippen LogP contribution in [0.5, 0.6) is 0 Å². The summed E-state index contributed by atoms with van der Waals surface area (Å²) in [5, 5.41) is 8.64. The van der Waals surface area contributed by atoms with Crippen molar-refractivity contribution in [1.82, 2.24) is 4.98 Å². The van der Waals surface area contributed by atoms with Gasteiger partial charge < -0.3 is 9.64 Å². The highest BCUT2D eigenvalue weighted by atomic mass is 16.5. The standard InChI is InChI=1S/C20H27N3O/c1-3-20(2,24-16-8-12-21)11-7-15-23-14-5-4-10-19(23)18-9-6-13-22-17-18/h6,9,13,17,19H,3-5,8,10,14-16H2,1-2H3/p+1/t19-,20+/m1/s1. The largest absolute Gasteiger partial charge is 0.362 e. The van der Waals surface area contributed by atoms with Gasteiger partial charge in [0, 0.05) is 24.4 Å². The van der Waals surface area contributed by atoms with Crippen molar-refractivity contribution in [1.29, 1.82) is 5.26 Å². The van der Waals surface area contributed by atoms with Crippen LogP contribution in [-0.4, -0.2) is 30.3 Å². The lowest BCUT2D eigenvalue weighted by Gasteiger charge is -2.31. The van der Waals surface area contributed by atoms with Gasteiger partial charge >= 0.3 is 0 Å². The Morgan fingerprint density at radius 1 is 1.46 bits per heavy atom. The Balaban J connectivity index is 1.99. The highest BCUT2D eigenvalue weighted by molar-refractivity contribution is 5.14. The van der Waals surface area contributed by atoms with Crippen LogP contribution in [-0.2, 0) is 4.74 Å². The number of piperidine rings is 1. The fraction of sp³-hybridized carbons (Fsp3) is 0.600. The van der Waals surface area contributed by atoms with E-state index in [2.05, 4.69) is 35.9 Å². The maximum atomic E-state index is 8.64. The highest BCUT2D eigenvalue weighted by Crippen LogP contribution is 2.18. The van der Waals surface area contributed by atoms with Crippen LogP contribution >= 0.6 is 0 Å². The number of nitrogens with zero attached hydrogens (tertiary/aromatic N) is 2. The van der Waals surface area contributed by atoms with Gasteiger partial charge in [0.25, 0.3) is 0 Å². The molecule has 2 heterocycles. The first-order valence-electron chi connectivity index (χ1n) is 8.94. The first-order chi connectivity index (χ1) is 11.7. The van der Waals surface area contributed by atoms with Gasteiger partial charge in [-0.2, -0.15) is 5.26 Å². The van der Waals surface area contributed by atoms with E-state index >= 15 is 0 Å². The van der Waals surface area contributed by atoms with Gasteiger partial charge in [-0.3, -0.25) is 4.98 Å². The summed E-state index contributed by atoms with van der Waals surface area (Å²) in [7, 11) is 0. The number of nitrogens with one attached hydrogen (secondary N) is 1. The number of aromatic nitrogens is 1. The highest BCUT2D eigenvalue weighted by Gasteiger charge is 2.27. The van der Waals surface area contributed by atoms with Gasteiger partial charge in [0.15, 0.2) is 0 Å². The fourth-order valence-electron chi connectivity index (χ4n) is 3.17. The van der Waals surface area contributed by atoms with Crippen molar-refractivity contribution in [2.75, 3.05) is 19.7 Å². The third kappa shape index (κ3) is 5.34. The summed E-state index contributed by atoms with van der Waals surface area (Å²) in [5.74, 6) is 6.66. The number of rotatable bonds is 6. The summed E-state index contributed by atoms with van der Waals surface area (Å²) in [6.07, 6.45) is 8.80. The van der Waals surface area contributed by atoms with E-state index in [1.807, 2.05) is 25.4 Å². The second-order valence-corrected chi connectivity index (χ2v) is 6.56. The van der Waals surface area contributed by atoms with Gasteiger partial charge in [-0.05, 0) is 38.2 Å². The molecule has 1 saturated heterocycles. The lowest BCUT2D eigenvalue weighted by atomic mass is 9.96. The fourth-order valence-corrected chi connectivity index (χ4v) is 3.17. The molecule has 1 N–H and O–H groups in total. The van der Waals surface area contributed by atoms with Crippen molar-refractivity contribution >= 4 is 0 Å². The molecule has 1 fully saturated rings. The molecule has 0 spiro atoms. The predicted octanol–water partition coefficient (Wildman–Crippen LogP) is 2.29. The molecule has 0 saturated carbocycles. The number of ether oxygens (including phenoxy) is 1. The van der Waals surface area contributed by atoms with Gasteiger partial charge in [-0.1, -0.05) is 18.9 Å². The van der Waals surface area contributed by atoms with Crippen molar-refractivity contribution < 1.29 is 9.64 Å². The van der Waals surface area contributed by atoms with Crippen molar-refractivity contribution in [2.45, 2.75) is 57.6 Å². The number of hydrogen-bond donors (Lipinski definition) is 1. The normalized spacial score (nSPS) is 22.7. The Morgan fingerprint density at radius 2 is 2.33 bits per heavy atom. The topological polar surface area (TPSA) is 50.4 Å². The molecule has 0 amide bonds. The minimum absolute atomic E-state index is 0.414. The lowest BCUT2D eigenvalue weighted by Crippen LogP contribution is -3.13. The van der Waals surface area contributed by atoms with E-state index in [0.717, 1.165) is 19.5 Å². The Morgan fingerprint density at radius 3 is 3.04 bits per heavy atom. The SMILES string of the molecule is CC[C@@](C)(C#CC[NH+]1CCCC[C@@H]1c1cccnc1)OCCC#N. The van der Waals surface area contributed by atoms with E-state index in [1.54, 1.807) is 0 Å². The van der Waals surface area contributed by atoms with Gasteiger partial charge in [0.2, 0.25) is 0 Å². The molecule has 4 heteroatoms. The first-order valence-corrected chi connectivity index (χ1v) is 8.94. The molecule has 4 nitrogen and oxygen atoms in total. The van der Waals surface area contributed by atoms with Crippen LogP contribution in [0.15, 0.2) is 24.5 Å². The monoisotopic (exact) mass is 326 g/mol. The van der Waals surface area contributed by atoms with Crippen LogP contribution in [0.1, 0.15) is 57.6 Å². The Labute approximate surface area is 145 Å².